The van der Waals surface area contributed by atoms with Gasteiger partial charge in [-0.3, -0.25) is 0 Å². The monoisotopic (exact) mass is 329 g/mol. The van der Waals surface area contributed by atoms with Gasteiger partial charge in [0.2, 0.25) is 0 Å². The second-order valence-corrected chi connectivity index (χ2v) is 6.83. The number of hydrogen-bond acceptors (Lipinski definition) is 3. The fraction of sp³-hybridized carbons (Fsp3) is 0.0625. The maximum absolute atomic E-state index is 12.1. The lowest BCUT2D eigenvalue weighted by atomic mass is 10.2. The molecule has 2 aromatic carbocycles. The molecule has 0 fully saturated rings. The number of carbonyl (C=O) groups excluding carboxylic acids is 1. The number of fused-ring (bicyclic) bond motifs is 1. The quantitative estimate of drug-likeness (QED) is 0.690. The van der Waals surface area contributed by atoms with Crippen molar-refractivity contribution in [2.24, 2.45) is 0 Å². The maximum atomic E-state index is 12.1. The van der Waals surface area contributed by atoms with E-state index in [1.165, 1.54) is 12.1 Å². The first-order chi connectivity index (χ1) is 10.9. The Kier molecular flexibility index (Phi) is 3.79. The zero-order chi connectivity index (χ0) is 16.4. The lowest BCUT2D eigenvalue weighted by Gasteiger charge is -2.09. The van der Waals surface area contributed by atoms with E-state index < -0.39 is 16.1 Å². The number of aromatic amines is 1. The highest BCUT2D eigenvalue weighted by Gasteiger charge is 2.17. The predicted molar refractivity (Wildman–Crippen MR) is 88.8 cm³/mol. The van der Waals surface area contributed by atoms with E-state index in [9.17, 15) is 13.2 Å². The third-order valence-corrected chi connectivity index (χ3v) is 4.72. The van der Waals surface area contributed by atoms with Crippen LogP contribution in [0.2, 0.25) is 0 Å². The molecule has 23 heavy (non-hydrogen) atoms. The zero-order valence-electron chi connectivity index (χ0n) is 12.3. The Labute approximate surface area is 133 Å². The van der Waals surface area contributed by atoms with Gasteiger partial charge in [-0.2, -0.15) is 0 Å². The van der Waals surface area contributed by atoms with Gasteiger partial charge in [0, 0.05) is 17.4 Å². The minimum atomic E-state index is -3.90. The van der Waals surface area contributed by atoms with Crippen LogP contribution in [-0.2, 0) is 10.0 Å². The van der Waals surface area contributed by atoms with Crippen LogP contribution < -0.4 is 10.0 Å². The molecule has 0 atom stereocenters. The standard InChI is InChI=1S/C16H15N3O3S/c1-11-2-6-14(7-3-11)23(21,22)19-16(20)18-13-5-4-12-8-9-17-15(12)10-13/h2-10,17H,1H3,(H2,18,19,20). The van der Waals surface area contributed by atoms with E-state index >= 15 is 0 Å². The van der Waals surface area contributed by atoms with Crippen LogP contribution in [0.15, 0.2) is 59.6 Å². The molecular formula is C16H15N3O3S. The first-order valence-corrected chi connectivity index (χ1v) is 8.40. The van der Waals surface area contributed by atoms with Crippen molar-refractivity contribution in [2.75, 3.05) is 5.32 Å². The molecular weight excluding hydrogens is 314 g/mol. The number of hydrogen-bond donors (Lipinski definition) is 3. The van der Waals surface area contributed by atoms with E-state index in [1.54, 1.807) is 30.5 Å². The fourth-order valence-electron chi connectivity index (χ4n) is 2.18. The zero-order valence-corrected chi connectivity index (χ0v) is 13.1. The number of nitrogens with one attached hydrogen (secondary N) is 3. The summed E-state index contributed by atoms with van der Waals surface area (Å²) in [6.07, 6.45) is 1.79. The normalized spacial score (nSPS) is 11.3. The molecule has 0 bridgehead atoms. The van der Waals surface area contributed by atoms with Crippen LogP contribution >= 0.6 is 0 Å². The Hall–Kier alpha value is -2.80. The molecule has 0 saturated heterocycles. The molecule has 7 heteroatoms. The molecule has 0 aliphatic rings. The van der Waals surface area contributed by atoms with Crippen LogP contribution in [-0.4, -0.2) is 19.4 Å². The molecule has 0 aliphatic heterocycles. The molecule has 2 amide bonds. The molecule has 0 aliphatic carbocycles. The van der Waals surface area contributed by atoms with Crippen molar-refractivity contribution in [3.8, 4) is 0 Å². The maximum Gasteiger partial charge on any atom is 0.333 e. The third kappa shape index (κ3) is 3.35. The smallest absolute Gasteiger partial charge is 0.333 e. The van der Waals surface area contributed by atoms with Crippen LogP contribution in [0.3, 0.4) is 0 Å². The summed E-state index contributed by atoms with van der Waals surface area (Å²) >= 11 is 0. The predicted octanol–water partition coefficient (Wildman–Crippen LogP) is 2.99. The molecule has 1 aromatic heterocycles. The van der Waals surface area contributed by atoms with E-state index in [-0.39, 0.29) is 4.90 Å². The summed E-state index contributed by atoms with van der Waals surface area (Å²) in [7, 11) is -3.90. The van der Waals surface area contributed by atoms with Crippen molar-refractivity contribution >= 4 is 32.6 Å². The fourth-order valence-corrected chi connectivity index (χ4v) is 3.09. The SMILES string of the molecule is Cc1ccc(S(=O)(=O)NC(=O)Nc2ccc3cc[nH]c3c2)cc1. The van der Waals surface area contributed by atoms with E-state index in [0.29, 0.717) is 5.69 Å². The van der Waals surface area contributed by atoms with Gasteiger partial charge in [-0.15, -0.1) is 0 Å². The highest BCUT2D eigenvalue weighted by atomic mass is 32.2. The van der Waals surface area contributed by atoms with E-state index in [1.807, 2.05) is 23.8 Å². The van der Waals surface area contributed by atoms with Gasteiger partial charge < -0.3 is 10.3 Å². The summed E-state index contributed by atoms with van der Waals surface area (Å²) < 4.78 is 26.3. The van der Waals surface area contributed by atoms with Gasteiger partial charge in [-0.05, 0) is 42.6 Å². The van der Waals surface area contributed by atoms with Gasteiger partial charge in [0.15, 0.2) is 0 Å². The Morgan fingerprint density at radius 3 is 2.52 bits per heavy atom. The van der Waals surface area contributed by atoms with Crippen molar-refractivity contribution in [3.63, 3.8) is 0 Å². The summed E-state index contributed by atoms with van der Waals surface area (Å²) in [5, 5.41) is 3.51. The first-order valence-electron chi connectivity index (χ1n) is 6.92. The summed E-state index contributed by atoms with van der Waals surface area (Å²) in [4.78, 5) is 15.0. The number of amides is 2. The van der Waals surface area contributed by atoms with Gasteiger partial charge in [0.25, 0.3) is 10.0 Å². The number of aryl methyl sites for hydroxylation is 1. The van der Waals surface area contributed by atoms with Crippen LogP contribution in [0.4, 0.5) is 10.5 Å². The number of rotatable bonds is 3. The lowest BCUT2D eigenvalue weighted by molar-refractivity contribution is 0.256. The summed E-state index contributed by atoms with van der Waals surface area (Å²) in [5.41, 5.74) is 2.29. The number of urea groups is 1. The Balaban J connectivity index is 1.74. The van der Waals surface area contributed by atoms with Crippen LogP contribution in [0, 0.1) is 6.92 Å². The molecule has 1 heterocycles. The van der Waals surface area contributed by atoms with Gasteiger partial charge >= 0.3 is 6.03 Å². The molecule has 118 valence electrons. The number of aromatic nitrogens is 1. The Morgan fingerprint density at radius 1 is 1.04 bits per heavy atom. The van der Waals surface area contributed by atoms with E-state index in [2.05, 4.69) is 10.3 Å². The molecule has 3 N–H and O–H groups in total. The molecule has 0 radical (unpaired) electrons. The third-order valence-electron chi connectivity index (χ3n) is 3.37. The molecule has 0 unspecified atom stereocenters. The van der Waals surface area contributed by atoms with Crippen LogP contribution in [0.25, 0.3) is 10.9 Å². The number of H-pyrrole nitrogens is 1. The van der Waals surface area contributed by atoms with Crippen molar-refractivity contribution < 1.29 is 13.2 Å². The average Bonchev–Trinajstić information content (AvgIpc) is 2.94. The Bertz CT molecular complexity index is 960. The number of benzene rings is 2. The molecule has 3 aromatic rings. The van der Waals surface area contributed by atoms with Crippen molar-refractivity contribution in [2.45, 2.75) is 11.8 Å². The lowest BCUT2D eigenvalue weighted by Crippen LogP contribution is -2.34. The summed E-state index contributed by atoms with van der Waals surface area (Å²) in [5.74, 6) is 0. The number of sulfonamides is 1. The van der Waals surface area contributed by atoms with Crippen LogP contribution in [0.5, 0.6) is 0 Å². The minimum absolute atomic E-state index is 0.0399. The minimum Gasteiger partial charge on any atom is -0.361 e. The molecule has 3 rings (SSSR count). The van der Waals surface area contributed by atoms with E-state index in [0.717, 1.165) is 16.5 Å². The number of carbonyl (C=O) groups is 1. The first kappa shape index (κ1) is 15.1. The van der Waals surface area contributed by atoms with Crippen molar-refractivity contribution in [3.05, 3.63) is 60.3 Å². The summed E-state index contributed by atoms with van der Waals surface area (Å²) in [6, 6.07) is 12.6. The molecule has 0 spiro atoms. The van der Waals surface area contributed by atoms with Gasteiger partial charge in [0.05, 0.1) is 4.90 Å². The van der Waals surface area contributed by atoms with Crippen molar-refractivity contribution in [1.29, 1.82) is 0 Å². The van der Waals surface area contributed by atoms with Gasteiger partial charge in [0.1, 0.15) is 0 Å². The highest BCUT2D eigenvalue weighted by Crippen LogP contribution is 2.17. The van der Waals surface area contributed by atoms with Crippen LogP contribution in [0.1, 0.15) is 5.56 Å². The second-order valence-electron chi connectivity index (χ2n) is 5.15. The molecule has 6 nitrogen and oxygen atoms in total. The number of anilines is 1. The molecule has 0 saturated carbocycles. The summed E-state index contributed by atoms with van der Waals surface area (Å²) in [6.45, 7) is 1.85. The topological polar surface area (TPSA) is 91.1 Å². The van der Waals surface area contributed by atoms with Gasteiger partial charge in [-0.25, -0.2) is 17.9 Å². The highest BCUT2D eigenvalue weighted by molar-refractivity contribution is 7.90. The second kappa shape index (κ2) is 5.77. The largest absolute Gasteiger partial charge is 0.361 e. The Morgan fingerprint density at radius 2 is 1.78 bits per heavy atom. The van der Waals surface area contributed by atoms with Crippen molar-refractivity contribution in [1.82, 2.24) is 9.71 Å². The van der Waals surface area contributed by atoms with E-state index in [4.69, 9.17) is 0 Å². The van der Waals surface area contributed by atoms with Gasteiger partial charge in [-0.1, -0.05) is 23.8 Å². The average molecular weight is 329 g/mol.